The number of nitrogens with zero attached hydrogens (tertiary/aromatic N) is 3. The minimum Gasteiger partial charge on any atom is -0.378 e. The van der Waals surface area contributed by atoms with E-state index in [1.165, 1.54) is 0 Å². The van der Waals surface area contributed by atoms with Gasteiger partial charge in [0.15, 0.2) is 5.79 Å². The van der Waals surface area contributed by atoms with Crippen LogP contribution in [-0.4, -0.2) is 30.6 Å². The van der Waals surface area contributed by atoms with Crippen LogP contribution in [0.15, 0.2) is 35.1 Å². The quantitative estimate of drug-likeness (QED) is 0.551. The monoisotopic (exact) mass is 324 g/mol. The number of anilines is 1. The fourth-order valence-electron chi connectivity index (χ4n) is 2.15. The summed E-state index contributed by atoms with van der Waals surface area (Å²) in [6.07, 6.45) is 1.39. The van der Waals surface area contributed by atoms with Crippen LogP contribution in [0.5, 0.6) is 0 Å². The molecule has 0 amide bonds. The van der Waals surface area contributed by atoms with Crippen LogP contribution >= 0.6 is 11.6 Å². The van der Waals surface area contributed by atoms with Gasteiger partial charge in [0.25, 0.3) is 0 Å². The lowest BCUT2D eigenvalue weighted by atomic mass is 10.0. The molecule has 8 nitrogen and oxygen atoms in total. The number of hydrogen-bond donors (Lipinski definition) is 3. The van der Waals surface area contributed by atoms with E-state index in [4.69, 9.17) is 23.1 Å². The van der Waals surface area contributed by atoms with Crippen molar-refractivity contribution >= 4 is 23.1 Å². The Hall–Kier alpha value is -2.32. The summed E-state index contributed by atoms with van der Waals surface area (Å²) in [5.74, 6) is -1.50. The number of nitrogens with two attached hydrogens (primary N) is 2. The first-order valence-electron chi connectivity index (χ1n) is 6.45. The number of benzene rings is 1. The topological polar surface area (TPSA) is 123 Å². The van der Waals surface area contributed by atoms with E-state index in [9.17, 15) is 10.1 Å². The average Bonchev–Trinajstić information content (AvgIpc) is 2.40. The molecule has 1 heterocycles. The molecule has 1 aromatic carbocycles. The molecule has 0 saturated heterocycles. The Morgan fingerprint density at radius 1 is 1.50 bits per heavy atom. The smallest absolute Gasteiger partial charge is 0.326 e. The third-order valence-corrected chi connectivity index (χ3v) is 3.67. The maximum atomic E-state index is 10.8. The van der Waals surface area contributed by atoms with Crippen LogP contribution in [0.1, 0.15) is 5.56 Å². The first-order valence-corrected chi connectivity index (χ1v) is 6.83. The summed E-state index contributed by atoms with van der Waals surface area (Å²) >= 11 is 6.37. The molecule has 2 rings (SSSR count). The van der Waals surface area contributed by atoms with Gasteiger partial charge in [0.2, 0.25) is 5.84 Å². The van der Waals surface area contributed by atoms with Gasteiger partial charge >= 0.3 is 5.70 Å². The average molecular weight is 325 g/mol. The molecule has 118 valence electrons. The Morgan fingerprint density at radius 2 is 2.18 bits per heavy atom. The van der Waals surface area contributed by atoms with E-state index >= 15 is 0 Å². The van der Waals surface area contributed by atoms with Gasteiger partial charge in [-0.1, -0.05) is 23.7 Å². The highest BCUT2D eigenvalue weighted by Crippen LogP contribution is 2.30. The van der Waals surface area contributed by atoms with E-state index in [0.717, 1.165) is 17.5 Å². The zero-order valence-electron chi connectivity index (χ0n) is 12.2. The Bertz CT molecular complexity index is 672. The number of nitro groups is 1. The van der Waals surface area contributed by atoms with Crippen molar-refractivity contribution < 1.29 is 4.92 Å². The van der Waals surface area contributed by atoms with Gasteiger partial charge in [0, 0.05) is 20.5 Å². The zero-order valence-corrected chi connectivity index (χ0v) is 13.0. The van der Waals surface area contributed by atoms with Gasteiger partial charge in [-0.2, -0.15) is 0 Å². The SMILES string of the molecule is CN(C)c1cccc(CC2(N)N=C(N)C([N+](=O)[O-])=CN2)c1Cl. The van der Waals surface area contributed by atoms with Crippen molar-refractivity contribution in [2.24, 2.45) is 16.5 Å². The highest BCUT2D eigenvalue weighted by Gasteiger charge is 2.32. The lowest BCUT2D eigenvalue weighted by Gasteiger charge is -2.29. The maximum absolute atomic E-state index is 10.8. The van der Waals surface area contributed by atoms with Crippen LogP contribution in [0.4, 0.5) is 5.69 Å². The normalized spacial score (nSPS) is 20.7. The van der Waals surface area contributed by atoms with Crippen LogP contribution in [-0.2, 0) is 6.42 Å². The third-order valence-electron chi connectivity index (χ3n) is 3.24. The minimum absolute atomic E-state index is 0.217. The van der Waals surface area contributed by atoms with Gasteiger partial charge < -0.3 is 16.0 Å². The molecule has 9 heteroatoms. The predicted octanol–water partition coefficient (Wildman–Crippen LogP) is 0.640. The van der Waals surface area contributed by atoms with Crippen LogP contribution in [0.3, 0.4) is 0 Å². The maximum Gasteiger partial charge on any atom is 0.326 e. The Balaban J connectivity index is 2.29. The standard InChI is InChI=1S/C13H17ClN6O2/c1-19(2)9-5-3-4-8(11(9)14)6-13(16)17-7-10(20(21)22)12(15)18-13/h3-5,7,17H,6,16H2,1-2H3,(H2,15,18). The van der Waals surface area contributed by atoms with Crippen molar-refractivity contribution in [2.75, 3.05) is 19.0 Å². The molecule has 0 spiro atoms. The number of amidine groups is 1. The van der Waals surface area contributed by atoms with E-state index in [-0.39, 0.29) is 18.0 Å². The second-order valence-electron chi connectivity index (χ2n) is 5.17. The Labute approximate surface area is 132 Å². The summed E-state index contributed by atoms with van der Waals surface area (Å²) in [6, 6.07) is 5.56. The molecule has 0 aliphatic carbocycles. The zero-order chi connectivity index (χ0) is 16.5. The summed E-state index contributed by atoms with van der Waals surface area (Å²) in [7, 11) is 3.76. The van der Waals surface area contributed by atoms with E-state index in [0.29, 0.717) is 5.02 Å². The van der Waals surface area contributed by atoms with Crippen LogP contribution < -0.4 is 21.7 Å². The van der Waals surface area contributed by atoms with E-state index in [2.05, 4.69) is 10.3 Å². The molecule has 1 aliphatic rings. The van der Waals surface area contributed by atoms with E-state index in [1.807, 2.05) is 37.2 Å². The second-order valence-corrected chi connectivity index (χ2v) is 5.55. The number of hydrogen-bond acceptors (Lipinski definition) is 7. The highest BCUT2D eigenvalue weighted by molar-refractivity contribution is 6.34. The number of halogens is 1. The van der Waals surface area contributed by atoms with Crippen molar-refractivity contribution in [1.82, 2.24) is 5.32 Å². The van der Waals surface area contributed by atoms with Crippen molar-refractivity contribution in [3.8, 4) is 0 Å². The van der Waals surface area contributed by atoms with Crippen molar-refractivity contribution in [3.63, 3.8) is 0 Å². The van der Waals surface area contributed by atoms with E-state index in [1.54, 1.807) is 0 Å². The van der Waals surface area contributed by atoms with Gasteiger partial charge in [0.05, 0.1) is 21.8 Å². The summed E-state index contributed by atoms with van der Waals surface area (Å²) in [4.78, 5) is 16.0. The Kier molecular flexibility index (Phi) is 4.25. The molecule has 5 N–H and O–H groups in total. The van der Waals surface area contributed by atoms with Gasteiger partial charge in [-0.3, -0.25) is 15.8 Å². The molecule has 0 fully saturated rings. The highest BCUT2D eigenvalue weighted by atomic mass is 35.5. The molecule has 0 bridgehead atoms. The molecule has 1 atom stereocenters. The first kappa shape index (κ1) is 16.1. The van der Waals surface area contributed by atoms with Gasteiger partial charge in [-0.15, -0.1) is 0 Å². The fourth-order valence-corrected chi connectivity index (χ4v) is 2.51. The van der Waals surface area contributed by atoms with Gasteiger partial charge in [-0.05, 0) is 11.6 Å². The van der Waals surface area contributed by atoms with Crippen LogP contribution in [0, 0.1) is 10.1 Å². The summed E-state index contributed by atoms with van der Waals surface area (Å²) in [6.45, 7) is 0. The largest absolute Gasteiger partial charge is 0.378 e. The summed E-state index contributed by atoms with van der Waals surface area (Å²) < 4.78 is 0. The van der Waals surface area contributed by atoms with Crippen LogP contribution in [0.2, 0.25) is 5.02 Å². The number of aliphatic imine (C=N–C) groups is 1. The lowest BCUT2D eigenvalue weighted by Crippen LogP contribution is -2.55. The number of rotatable bonds is 4. The number of nitrogens with one attached hydrogen (secondary N) is 1. The van der Waals surface area contributed by atoms with Crippen molar-refractivity contribution in [1.29, 1.82) is 0 Å². The Morgan fingerprint density at radius 3 is 2.73 bits per heavy atom. The minimum atomic E-state index is -1.28. The molecule has 22 heavy (non-hydrogen) atoms. The molecule has 1 aromatic rings. The molecule has 0 saturated carbocycles. The molecular formula is C13H17ClN6O2. The van der Waals surface area contributed by atoms with Gasteiger partial charge in [-0.25, -0.2) is 4.99 Å². The third kappa shape index (κ3) is 3.12. The molecular weight excluding hydrogens is 308 g/mol. The first-order chi connectivity index (χ1) is 10.2. The molecule has 1 aliphatic heterocycles. The van der Waals surface area contributed by atoms with Crippen molar-refractivity contribution in [2.45, 2.75) is 12.2 Å². The lowest BCUT2D eigenvalue weighted by molar-refractivity contribution is -0.416. The molecule has 0 radical (unpaired) electrons. The van der Waals surface area contributed by atoms with Gasteiger partial charge in [0.1, 0.15) is 0 Å². The van der Waals surface area contributed by atoms with Crippen LogP contribution in [0.25, 0.3) is 0 Å². The fraction of sp³-hybridized carbons (Fsp3) is 0.308. The second kappa shape index (κ2) is 5.82. The summed E-state index contributed by atoms with van der Waals surface area (Å²) in [5, 5.41) is 14.0. The van der Waals surface area contributed by atoms with Crippen molar-refractivity contribution in [3.05, 3.63) is 50.8 Å². The predicted molar refractivity (Wildman–Crippen MR) is 86.2 cm³/mol. The summed E-state index contributed by atoms with van der Waals surface area (Å²) in [5.41, 5.74) is 13.0. The molecule has 1 unspecified atom stereocenters. The molecule has 0 aromatic heterocycles. The van der Waals surface area contributed by atoms with E-state index < -0.39 is 10.7 Å².